The highest BCUT2D eigenvalue weighted by Gasteiger charge is 2.13. The SMILES string of the molecule is CCCCNS(=O)(=O)c1ccc(C(C)=NNC(=O)CSc2ccc(Cl)cc2)cc1. The molecule has 6 nitrogen and oxygen atoms in total. The topological polar surface area (TPSA) is 87.6 Å². The number of sulfonamides is 1. The first-order chi connectivity index (χ1) is 13.8. The Hall–Kier alpha value is -1.87. The van der Waals surface area contributed by atoms with Crippen molar-refractivity contribution in [1.82, 2.24) is 10.1 Å². The van der Waals surface area contributed by atoms with Crippen LogP contribution < -0.4 is 10.1 Å². The van der Waals surface area contributed by atoms with E-state index in [9.17, 15) is 13.2 Å². The van der Waals surface area contributed by atoms with E-state index in [1.165, 1.54) is 23.9 Å². The third-order valence-corrected chi connectivity index (χ3v) is 6.68. The molecule has 0 fully saturated rings. The summed E-state index contributed by atoms with van der Waals surface area (Å²) in [5.74, 6) is -0.0115. The maximum absolute atomic E-state index is 12.2. The van der Waals surface area contributed by atoms with Gasteiger partial charge in [0.05, 0.1) is 16.4 Å². The number of hydrogen-bond donors (Lipinski definition) is 2. The van der Waals surface area contributed by atoms with E-state index < -0.39 is 10.0 Å². The van der Waals surface area contributed by atoms with Crippen molar-refractivity contribution < 1.29 is 13.2 Å². The van der Waals surface area contributed by atoms with Crippen molar-refractivity contribution in [2.75, 3.05) is 12.3 Å². The fourth-order valence-corrected chi connectivity index (χ4v) is 4.16. The van der Waals surface area contributed by atoms with Crippen molar-refractivity contribution in [2.24, 2.45) is 5.10 Å². The lowest BCUT2D eigenvalue weighted by Gasteiger charge is -2.07. The molecule has 0 bridgehead atoms. The molecule has 0 aliphatic carbocycles. The first-order valence-electron chi connectivity index (χ1n) is 9.13. The molecular weight excluding hydrogens is 430 g/mol. The highest BCUT2D eigenvalue weighted by molar-refractivity contribution is 8.00. The van der Waals surface area contributed by atoms with Crippen LogP contribution in [0.2, 0.25) is 5.02 Å². The van der Waals surface area contributed by atoms with Crippen molar-refractivity contribution in [3.8, 4) is 0 Å². The van der Waals surface area contributed by atoms with Crippen LogP contribution in [-0.2, 0) is 14.8 Å². The maximum atomic E-state index is 12.2. The zero-order chi connectivity index (χ0) is 21.3. The molecule has 0 saturated heterocycles. The van der Waals surface area contributed by atoms with Gasteiger partial charge in [0, 0.05) is 16.5 Å². The molecule has 9 heteroatoms. The normalized spacial score (nSPS) is 12.0. The number of carbonyl (C=O) groups excluding carboxylic acids is 1. The molecule has 0 heterocycles. The van der Waals surface area contributed by atoms with Crippen LogP contribution in [0.3, 0.4) is 0 Å². The molecule has 0 saturated carbocycles. The molecule has 2 N–H and O–H groups in total. The molecule has 0 aromatic heterocycles. The average Bonchev–Trinajstić information content (AvgIpc) is 2.71. The molecule has 2 rings (SSSR count). The van der Waals surface area contributed by atoms with Crippen LogP contribution in [0.15, 0.2) is 63.4 Å². The molecular formula is C20H24ClN3O3S2. The highest BCUT2D eigenvalue weighted by Crippen LogP contribution is 2.20. The van der Waals surface area contributed by atoms with Crippen molar-refractivity contribution in [3.05, 3.63) is 59.1 Å². The second-order valence-corrected chi connectivity index (χ2v) is 9.50. The summed E-state index contributed by atoms with van der Waals surface area (Å²) < 4.78 is 27.0. The Morgan fingerprint density at radius 2 is 1.76 bits per heavy atom. The van der Waals surface area contributed by atoms with Crippen LogP contribution in [0.5, 0.6) is 0 Å². The summed E-state index contributed by atoms with van der Waals surface area (Å²) in [4.78, 5) is 13.1. The number of nitrogens with zero attached hydrogens (tertiary/aromatic N) is 1. The van der Waals surface area contributed by atoms with Crippen molar-refractivity contribution in [3.63, 3.8) is 0 Å². The lowest BCUT2D eigenvalue weighted by molar-refractivity contribution is -0.118. The Morgan fingerprint density at radius 1 is 1.10 bits per heavy atom. The summed E-state index contributed by atoms with van der Waals surface area (Å²) in [7, 11) is -3.51. The monoisotopic (exact) mass is 453 g/mol. The quantitative estimate of drug-likeness (QED) is 0.246. The van der Waals surface area contributed by atoms with Crippen LogP contribution >= 0.6 is 23.4 Å². The number of halogens is 1. The number of nitrogens with one attached hydrogen (secondary N) is 2. The number of hydrogen-bond acceptors (Lipinski definition) is 5. The molecule has 0 unspecified atom stereocenters. The minimum atomic E-state index is -3.51. The van der Waals surface area contributed by atoms with E-state index in [-0.39, 0.29) is 16.6 Å². The average molecular weight is 454 g/mol. The van der Waals surface area contributed by atoms with Gasteiger partial charge in [-0.2, -0.15) is 5.10 Å². The Labute approximate surface area is 181 Å². The van der Waals surface area contributed by atoms with E-state index >= 15 is 0 Å². The van der Waals surface area contributed by atoms with E-state index in [0.29, 0.717) is 17.3 Å². The summed E-state index contributed by atoms with van der Waals surface area (Å²) in [5, 5.41) is 4.74. The number of unbranched alkanes of at least 4 members (excludes halogenated alkanes) is 1. The predicted molar refractivity (Wildman–Crippen MR) is 119 cm³/mol. The molecule has 0 aliphatic heterocycles. The largest absolute Gasteiger partial charge is 0.272 e. The Kier molecular flexibility index (Phi) is 9.16. The fraction of sp³-hybridized carbons (Fsp3) is 0.300. The number of amides is 1. The Morgan fingerprint density at radius 3 is 2.38 bits per heavy atom. The van der Waals surface area contributed by atoms with Crippen molar-refractivity contribution >= 4 is 45.0 Å². The lowest BCUT2D eigenvalue weighted by atomic mass is 10.1. The predicted octanol–water partition coefficient (Wildman–Crippen LogP) is 4.05. The van der Waals surface area contributed by atoms with E-state index in [0.717, 1.165) is 23.3 Å². The second kappa shape index (κ2) is 11.3. The molecule has 156 valence electrons. The fourth-order valence-electron chi connectivity index (χ4n) is 2.26. The highest BCUT2D eigenvalue weighted by atomic mass is 35.5. The second-order valence-electron chi connectivity index (χ2n) is 6.25. The van der Waals surface area contributed by atoms with Crippen molar-refractivity contribution in [1.29, 1.82) is 0 Å². The van der Waals surface area contributed by atoms with Gasteiger partial charge in [0.2, 0.25) is 15.9 Å². The van der Waals surface area contributed by atoms with Crippen LogP contribution in [0.25, 0.3) is 0 Å². The van der Waals surface area contributed by atoms with Gasteiger partial charge in [0.1, 0.15) is 0 Å². The van der Waals surface area contributed by atoms with Gasteiger partial charge in [-0.15, -0.1) is 11.8 Å². The summed E-state index contributed by atoms with van der Waals surface area (Å²) in [6.07, 6.45) is 1.71. The van der Waals surface area contributed by atoms with Crippen LogP contribution in [-0.4, -0.2) is 32.3 Å². The molecule has 0 radical (unpaired) electrons. The Bertz CT molecular complexity index is 944. The van der Waals surface area contributed by atoms with Crippen LogP contribution in [0.4, 0.5) is 0 Å². The number of carbonyl (C=O) groups is 1. The number of rotatable bonds is 10. The van der Waals surface area contributed by atoms with Gasteiger partial charge in [-0.05, 0) is 55.3 Å². The van der Waals surface area contributed by atoms with E-state index in [1.807, 2.05) is 19.1 Å². The van der Waals surface area contributed by atoms with Gasteiger partial charge in [-0.3, -0.25) is 4.79 Å². The van der Waals surface area contributed by atoms with Crippen LogP contribution in [0.1, 0.15) is 32.3 Å². The van der Waals surface area contributed by atoms with Crippen LogP contribution in [0, 0.1) is 0 Å². The van der Waals surface area contributed by atoms with Gasteiger partial charge >= 0.3 is 0 Å². The number of thioether (sulfide) groups is 1. The first kappa shape index (κ1) is 23.4. The standard InChI is InChI=1S/C20H24ClN3O3S2/c1-3-4-13-22-29(26,27)19-11-5-16(6-12-19)15(2)23-24-20(25)14-28-18-9-7-17(21)8-10-18/h5-12,22H,3-4,13-14H2,1-2H3,(H,24,25). The summed E-state index contributed by atoms with van der Waals surface area (Å²) in [6, 6.07) is 13.6. The molecule has 0 spiro atoms. The molecule has 1 amide bonds. The zero-order valence-corrected chi connectivity index (χ0v) is 18.7. The summed E-state index contributed by atoms with van der Waals surface area (Å²) in [6.45, 7) is 4.16. The van der Waals surface area contributed by atoms with Gasteiger partial charge in [0.25, 0.3) is 0 Å². The van der Waals surface area contributed by atoms with E-state index in [2.05, 4.69) is 15.2 Å². The maximum Gasteiger partial charge on any atom is 0.250 e. The summed E-state index contributed by atoms with van der Waals surface area (Å²) >= 11 is 7.22. The van der Waals surface area contributed by atoms with Gasteiger partial charge in [0.15, 0.2) is 0 Å². The minimum Gasteiger partial charge on any atom is -0.272 e. The molecule has 0 aliphatic rings. The van der Waals surface area contributed by atoms with Crippen molar-refractivity contribution in [2.45, 2.75) is 36.5 Å². The van der Waals surface area contributed by atoms with E-state index in [1.54, 1.807) is 31.2 Å². The molecule has 2 aromatic rings. The van der Waals surface area contributed by atoms with E-state index in [4.69, 9.17) is 11.6 Å². The smallest absolute Gasteiger partial charge is 0.250 e. The van der Waals surface area contributed by atoms with Gasteiger partial charge in [-0.25, -0.2) is 18.6 Å². The third-order valence-electron chi connectivity index (χ3n) is 3.94. The first-order valence-corrected chi connectivity index (χ1v) is 12.0. The lowest BCUT2D eigenvalue weighted by Crippen LogP contribution is -2.24. The molecule has 29 heavy (non-hydrogen) atoms. The number of hydrazone groups is 1. The zero-order valence-electron chi connectivity index (χ0n) is 16.3. The van der Waals surface area contributed by atoms with Gasteiger partial charge < -0.3 is 0 Å². The third kappa shape index (κ3) is 7.81. The minimum absolute atomic E-state index is 0.202. The number of benzene rings is 2. The van der Waals surface area contributed by atoms with Gasteiger partial charge in [-0.1, -0.05) is 37.1 Å². The Balaban J connectivity index is 1.90. The summed E-state index contributed by atoms with van der Waals surface area (Å²) in [5.41, 5.74) is 3.82. The molecule has 2 aromatic carbocycles. The molecule has 0 atom stereocenters.